The zero-order chi connectivity index (χ0) is 18.7. The summed E-state index contributed by atoms with van der Waals surface area (Å²) in [5, 5.41) is 5.20. The molecule has 5 nitrogen and oxygen atoms in total. The van der Waals surface area contributed by atoms with Crippen molar-refractivity contribution in [3.63, 3.8) is 0 Å². The summed E-state index contributed by atoms with van der Waals surface area (Å²) < 4.78 is 39.6. The molecule has 0 fully saturated rings. The molecule has 0 aliphatic heterocycles. The molecule has 0 saturated carbocycles. The lowest BCUT2D eigenvalue weighted by Gasteiger charge is -2.09. The Hall–Kier alpha value is -3.42. The summed E-state index contributed by atoms with van der Waals surface area (Å²) in [6, 6.07) is 10.1. The largest absolute Gasteiger partial charge is 0.343 e. The molecule has 2 N–H and O–H groups in total. The van der Waals surface area contributed by atoms with Gasteiger partial charge in [-0.05, 0) is 24.3 Å². The van der Waals surface area contributed by atoms with Gasteiger partial charge < -0.3 is 10.6 Å². The highest BCUT2D eigenvalue weighted by Gasteiger charge is 2.16. The quantitative estimate of drug-likeness (QED) is 0.704. The van der Waals surface area contributed by atoms with Gasteiger partial charge in [0.05, 0.1) is 23.3 Å². The molecule has 2 aromatic carbocycles. The lowest BCUT2D eigenvalue weighted by Crippen LogP contribution is -2.33. The van der Waals surface area contributed by atoms with Gasteiger partial charge in [-0.2, -0.15) is 0 Å². The Balaban J connectivity index is 1.68. The molecular weight excluding hydrogens is 347 g/mol. The number of para-hydroxylation sites is 1. The van der Waals surface area contributed by atoms with E-state index in [-0.39, 0.29) is 5.56 Å². The lowest BCUT2D eigenvalue weighted by molar-refractivity contribution is -0.115. The van der Waals surface area contributed by atoms with Gasteiger partial charge in [-0.25, -0.2) is 13.2 Å². The number of carbonyl (C=O) groups excluding carboxylic acids is 2. The Morgan fingerprint density at radius 3 is 2.54 bits per heavy atom. The predicted molar refractivity (Wildman–Crippen MR) is 89.0 cm³/mol. The van der Waals surface area contributed by atoms with Crippen molar-refractivity contribution in [2.45, 2.75) is 0 Å². The Labute approximate surface area is 145 Å². The fraction of sp³-hybridized carbons (Fsp3) is 0.0556. The van der Waals surface area contributed by atoms with Crippen LogP contribution < -0.4 is 10.6 Å². The third-order valence-electron chi connectivity index (χ3n) is 3.60. The van der Waals surface area contributed by atoms with Crippen LogP contribution in [-0.4, -0.2) is 23.3 Å². The fourth-order valence-electron chi connectivity index (χ4n) is 2.36. The van der Waals surface area contributed by atoms with E-state index in [1.807, 2.05) is 0 Å². The molecule has 8 heteroatoms. The minimum atomic E-state index is -1.69. The molecule has 26 heavy (non-hydrogen) atoms. The van der Waals surface area contributed by atoms with Gasteiger partial charge in [-0.3, -0.25) is 14.6 Å². The number of anilines is 1. The van der Waals surface area contributed by atoms with Gasteiger partial charge in [0.15, 0.2) is 17.5 Å². The number of carbonyl (C=O) groups is 2. The molecule has 0 aliphatic rings. The molecule has 0 radical (unpaired) electrons. The van der Waals surface area contributed by atoms with Crippen molar-refractivity contribution in [1.29, 1.82) is 0 Å². The molecule has 0 atom stereocenters. The molecule has 0 saturated heterocycles. The lowest BCUT2D eigenvalue weighted by atomic mass is 10.1. The third-order valence-corrected chi connectivity index (χ3v) is 3.60. The molecular formula is C18H12F3N3O2. The summed E-state index contributed by atoms with van der Waals surface area (Å²) in [6.07, 6.45) is 1.54. The second-order valence-electron chi connectivity index (χ2n) is 5.33. The maximum absolute atomic E-state index is 13.5. The highest BCUT2D eigenvalue weighted by atomic mass is 19.2. The summed E-state index contributed by atoms with van der Waals surface area (Å²) in [6.45, 7) is -0.486. The predicted octanol–water partition coefficient (Wildman–Crippen LogP) is 3.02. The van der Waals surface area contributed by atoms with Gasteiger partial charge in [0.25, 0.3) is 5.91 Å². The maximum Gasteiger partial charge on any atom is 0.253 e. The van der Waals surface area contributed by atoms with Crippen molar-refractivity contribution in [3.8, 4) is 0 Å². The Morgan fingerprint density at radius 1 is 0.962 bits per heavy atom. The van der Waals surface area contributed by atoms with Crippen molar-refractivity contribution in [1.82, 2.24) is 10.3 Å². The smallest absolute Gasteiger partial charge is 0.253 e. The Bertz CT molecular complexity index is 1000. The monoisotopic (exact) mass is 359 g/mol. The Morgan fingerprint density at radius 2 is 1.73 bits per heavy atom. The van der Waals surface area contributed by atoms with E-state index in [1.165, 1.54) is 6.20 Å². The molecule has 0 spiro atoms. The summed E-state index contributed by atoms with van der Waals surface area (Å²) in [5.41, 5.74) is 0.226. The van der Waals surface area contributed by atoms with E-state index in [1.54, 1.807) is 30.3 Å². The maximum atomic E-state index is 13.5. The number of nitrogens with one attached hydrogen (secondary N) is 2. The summed E-state index contributed by atoms with van der Waals surface area (Å²) in [7, 11) is 0. The van der Waals surface area contributed by atoms with Crippen LogP contribution in [0, 0.1) is 17.5 Å². The fourth-order valence-corrected chi connectivity index (χ4v) is 2.36. The van der Waals surface area contributed by atoms with Crippen LogP contribution in [0.25, 0.3) is 10.9 Å². The molecule has 1 heterocycles. The molecule has 3 rings (SSSR count). The number of aromatic nitrogens is 1. The molecule has 2 amide bonds. The van der Waals surface area contributed by atoms with Crippen LogP contribution in [0.4, 0.5) is 18.9 Å². The first-order chi connectivity index (χ1) is 12.5. The standard InChI is InChI=1S/C18H12F3N3O2/c19-12-6-7-13(16(21)15(12)20)24-14(25)9-23-18(26)11-5-1-3-10-4-2-8-22-17(10)11/h1-8H,9H2,(H,23,26)(H,24,25). The van der Waals surface area contributed by atoms with Crippen LogP contribution >= 0.6 is 0 Å². The SMILES string of the molecule is O=C(CNC(=O)c1cccc2cccnc12)Nc1ccc(F)c(F)c1F. The van der Waals surface area contributed by atoms with E-state index in [9.17, 15) is 22.8 Å². The Kier molecular flexibility index (Phi) is 4.83. The summed E-state index contributed by atoms with van der Waals surface area (Å²) in [5.74, 6) is -5.90. The minimum Gasteiger partial charge on any atom is -0.343 e. The second-order valence-corrected chi connectivity index (χ2v) is 5.33. The molecule has 1 aromatic heterocycles. The topological polar surface area (TPSA) is 71.1 Å². The molecule has 0 bridgehead atoms. The van der Waals surface area contributed by atoms with Crippen LogP contribution in [-0.2, 0) is 4.79 Å². The van der Waals surface area contributed by atoms with Crippen LogP contribution in [0.1, 0.15) is 10.4 Å². The number of benzene rings is 2. The van der Waals surface area contributed by atoms with Gasteiger partial charge >= 0.3 is 0 Å². The van der Waals surface area contributed by atoms with Crippen LogP contribution in [0.5, 0.6) is 0 Å². The van der Waals surface area contributed by atoms with Crippen molar-refractivity contribution in [2.24, 2.45) is 0 Å². The van der Waals surface area contributed by atoms with Crippen molar-refractivity contribution >= 4 is 28.4 Å². The molecule has 132 valence electrons. The van der Waals surface area contributed by atoms with E-state index in [0.29, 0.717) is 11.6 Å². The zero-order valence-corrected chi connectivity index (χ0v) is 13.2. The van der Waals surface area contributed by atoms with Gasteiger partial charge in [-0.1, -0.05) is 18.2 Å². The van der Waals surface area contributed by atoms with Gasteiger partial charge in [0.2, 0.25) is 5.91 Å². The first-order valence-corrected chi connectivity index (χ1v) is 7.52. The number of hydrogen-bond donors (Lipinski definition) is 2. The van der Waals surface area contributed by atoms with Gasteiger partial charge in [0.1, 0.15) is 0 Å². The third kappa shape index (κ3) is 3.49. The van der Waals surface area contributed by atoms with Gasteiger partial charge in [0, 0.05) is 11.6 Å². The first kappa shape index (κ1) is 17.4. The number of pyridine rings is 1. The van der Waals surface area contributed by atoms with Gasteiger partial charge in [-0.15, -0.1) is 0 Å². The second kappa shape index (κ2) is 7.22. The van der Waals surface area contributed by atoms with Crippen molar-refractivity contribution in [2.75, 3.05) is 11.9 Å². The van der Waals surface area contributed by atoms with Crippen molar-refractivity contribution in [3.05, 3.63) is 71.7 Å². The number of amides is 2. The van der Waals surface area contributed by atoms with Crippen LogP contribution in [0.15, 0.2) is 48.7 Å². The number of halogens is 3. The zero-order valence-electron chi connectivity index (χ0n) is 13.2. The summed E-state index contributed by atoms with van der Waals surface area (Å²) in [4.78, 5) is 28.2. The van der Waals surface area contributed by atoms with E-state index < -0.39 is 41.5 Å². The van der Waals surface area contributed by atoms with E-state index in [0.717, 1.165) is 11.5 Å². The highest BCUT2D eigenvalue weighted by Crippen LogP contribution is 2.19. The number of hydrogen-bond acceptors (Lipinski definition) is 3. The minimum absolute atomic E-state index is 0.273. The first-order valence-electron chi connectivity index (χ1n) is 7.52. The molecule has 3 aromatic rings. The van der Waals surface area contributed by atoms with E-state index in [2.05, 4.69) is 15.6 Å². The normalized spacial score (nSPS) is 10.6. The number of nitrogens with zero attached hydrogens (tertiary/aromatic N) is 1. The highest BCUT2D eigenvalue weighted by molar-refractivity contribution is 6.07. The van der Waals surface area contributed by atoms with Crippen molar-refractivity contribution < 1.29 is 22.8 Å². The average Bonchev–Trinajstić information content (AvgIpc) is 2.66. The summed E-state index contributed by atoms with van der Waals surface area (Å²) >= 11 is 0. The number of rotatable bonds is 4. The van der Waals surface area contributed by atoms with E-state index in [4.69, 9.17) is 0 Å². The molecule has 0 aliphatic carbocycles. The van der Waals surface area contributed by atoms with Crippen LogP contribution in [0.2, 0.25) is 0 Å². The number of fused-ring (bicyclic) bond motifs is 1. The van der Waals surface area contributed by atoms with E-state index >= 15 is 0 Å². The average molecular weight is 359 g/mol. The van der Waals surface area contributed by atoms with Crippen LogP contribution in [0.3, 0.4) is 0 Å². The molecule has 0 unspecified atom stereocenters.